The van der Waals surface area contributed by atoms with Crippen LogP contribution >= 0.6 is 0 Å². The molecule has 5 nitrogen and oxygen atoms in total. The third-order valence-corrected chi connectivity index (χ3v) is 6.64. The molecule has 0 unspecified atom stereocenters. The first kappa shape index (κ1) is 20.6. The van der Waals surface area contributed by atoms with Crippen molar-refractivity contribution in [1.29, 1.82) is 0 Å². The maximum Gasteiger partial charge on any atom is 0.422 e. The van der Waals surface area contributed by atoms with Gasteiger partial charge >= 0.3 is 12.1 Å². The third kappa shape index (κ3) is 4.30. The van der Waals surface area contributed by atoms with Crippen LogP contribution in [-0.2, 0) is 20.4 Å². The van der Waals surface area contributed by atoms with E-state index >= 15 is 0 Å². The molecule has 28 heavy (non-hydrogen) atoms. The largest absolute Gasteiger partial charge is 0.496 e. The highest BCUT2D eigenvalue weighted by Gasteiger charge is 2.34. The van der Waals surface area contributed by atoms with Crippen LogP contribution in [0.3, 0.4) is 0 Å². The van der Waals surface area contributed by atoms with Crippen molar-refractivity contribution in [1.82, 2.24) is 0 Å². The van der Waals surface area contributed by atoms with Gasteiger partial charge in [0, 0.05) is 21.7 Å². The molecule has 0 spiro atoms. The summed E-state index contributed by atoms with van der Waals surface area (Å²) in [6.07, 6.45) is -4.61. The average Bonchev–Trinajstić information content (AvgIpc) is 2.70. The molecule has 0 aliphatic carbocycles. The first-order valence-corrected chi connectivity index (χ1v) is 10.1. The summed E-state index contributed by atoms with van der Waals surface area (Å²) >= 11 is 0. The number of benzene rings is 2. The highest BCUT2D eigenvalue weighted by molar-refractivity contribution is 7.97. The summed E-state index contributed by atoms with van der Waals surface area (Å²) in [7, 11) is 2.75. The van der Waals surface area contributed by atoms with Crippen molar-refractivity contribution in [2.24, 2.45) is 0 Å². The van der Waals surface area contributed by atoms with Gasteiger partial charge in [0.05, 0.1) is 27.4 Å². The van der Waals surface area contributed by atoms with E-state index in [1.165, 1.54) is 7.11 Å². The van der Waals surface area contributed by atoms with E-state index in [-0.39, 0.29) is 22.2 Å². The first-order chi connectivity index (χ1) is 13.4. The summed E-state index contributed by atoms with van der Waals surface area (Å²) in [5.74, 6) is 1.39. The van der Waals surface area contributed by atoms with E-state index in [4.69, 9.17) is 14.2 Å². The number of hydrogen-bond donors (Lipinski definition) is 0. The number of ether oxygens (including phenoxy) is 4. The van der Waals surface area contributed by atoms with Crippen LogP contribution in [0.1, 0.15) is 10.4 Å². The highest BCUT2D eigenvalue weighted by atomic mass is 32.2. The molecule has 0 N–H and O–H groups in total. The third-order valence-electron chi connectivity index (χ3n) is 4.32. The first-order valence-electron chi connectivity index (χ1n) is 8.52. The maximum absolute atomic E-state index is 12.5. The summed E-state index contributed by atoms with van der Waals surface area (Å²) < 4.78 is 58.2. The predicted octanol–water partition coefficient (Wildman–Crippen LogP) is 3.58. The van der Waals surface area contributed by atoms with Crippen LogP contribution in [0.5, 0.6) is 11.5 Å². The number of fused-ring (bicyclic) bond motifs is 1. The standard InChI is InChI=1S/C19H20F3O5S/c1-24-14-5-4-13-12(16(14)18(23)27-11-19(20,21)22)3-6-15(25-2)17(13)28-9-7-26-8-10-28/h3-6H,7-11H2,1-2H3/q+1. The second-order valence-electron chi connectivity index (χ2n) is 6.04. The minimum Gasteiger partial charge on any atom is -0.496 e. The Bertz CT molecular complexity index is 863. The summed E-state index contributed by atoms with van der Waals surface area (Å²) in [4.78, 5) is 13.4. The molecule has 1 heterocycles. The Morgan fingerprint density at radius 2 is 1.64 bits per heavy atom. The molecule has 2 aromatic carbocycles. The molecule has 1 aliphatic rings. The van der Waals surface area contributed by atoms with Crippen LogP contribution in [0.15, 0.2) is 29.2 Å². The lowest BCUT2D eigenvalue weighted by Gasteiger charge is -2.19. The van der Waals surface area contributed by atoms with Gasteiger partial charge in [-0.3, -0.25) is 0 Å². The molecule has 0 amide bonds. The Labute approximate surface area is 163 Å². The second kappa shape index (κ2) is 8.48. The van der Waals surface area contributed by atoms with E-state index in [1.54, 1.807) is 31.4 Å². The molecular formula is C19H20F3O5S+. The summed E-state index contributed by atoms with van der Waals surface area (Å²) in [5, 5.41) is 1.21. The molecular weight excluding hydrogens is 397 g/mol. The van der Waals surface area contributed by atoms with Crippen molar-refractivity contribution in [2.45, 2.75) is 11.1 Å². The lowest BCUT2D eigenvalue weighted by Crippen LogP contribution is -2.27. The van der Waals surface area contributed by atoms with Gasteiger partial charge in [-0.2, -0.15) is 13.2 Å². The zero-order valence-corrected chi connectivity index (χ0v) is 16.2. The molecule has 2 aromatic rings. The van der Waals surface area contributed by atoms with Gasteiger partial charge in [-0.15, -0.1) is 0 Å². The minimum atomic E-state index is -4.61. The van der Waals surface area contributed by atoms with E-state index in [0.29, 0.717) is 24.3 Å². The van der Waals surface area contributed by atoms with Crippen molar-refractivity contribution >= 4 is 27.6 Å². The van der Waals surface area contributed by atoms with Gasteiger partial charge in [0.25, 0.3) is 0 Å². The van der Waals surface area contributed by atoms with E-state index in [9.17, 15) is 18.0 Å². The van der Waals surface area contributed by atoms with Crippen molar-refractivity contribution in [3.8, 4) is 11.5 Å². The number of rotatable bonds is 5. The van der Waals surface area contributed by atoms with Gasteiger partial charge in [0.2, 0.25) is 4.90 Å². The van der Waals surface area contributed by atoms with Crippen molar-refractivity contribution in [3.05, 3.63) is 29.8 Å². The molecule has 152 valence electrons. The fourth-order valence-corrected chi connectivity index (χ4v) is 5.30. The van der Waals surface area contributed by atoms with E-state index in [0.717, 1.165) is 21.8 Å². The molecule has 0 bridgehead atoms. The van der Waals surface area contributed by atoms with Gasteiger partial charge in [-0.1, -0.05) is 0 Å². The molecule has 0 aromatic heterocycles. The lowest BCUT2D eigenvalue weighted by molar-refractivity contribution is -0.161. The lowest BCUT2D eigenvalue weighted by atomic mass is 10.0. The summed E-state index contributed by atoms with van der Waals surface area (Å²) in [6, 6.07) is 6.74. The fourth-order valence-electron chi connectivity index (χ4n) is 3.12. The molecule has 1 fully saturated rings. The SMILES string of the molecule is COc1ccc2c([S+]3CCOCC3)c(OC)ccc2c1C(=O)OCC(F)(F)F. The zero-order chi connectivity index (χ0) is 20.3. The number of alkyl halides is 3. The van der Waals surface area contributed by atoms with Crippen molar-refractivity contribution in [3.63, 3.8) is 0 Å². The van der Waals surface area contributed by atoms with Crippen molar-refractivity contribution in [2.75, 3.05) is 45.5 Å². The Kier molecular flexibility index (Phi) is 6.24. The smallest absolute Gasteiger partial charge is 0.422 e. The topological polar surface area (TPSA) is 54.0 Å². The van der Waals surface area contributed by atoms with E-state index in [1.807, 2.05) is 0 Å². The van der Waals surface area contributed by atoms with Crippen LogP contribution in [-0.4, -0.2) is 57.7 Å². The minimum absolute atomic E-state index is 0.0231. The van der Waals surface area contributed by atoms with E-state index < -0.39 is 18.8 Å². The second-order valence-corrected chi connectivity index (χ2v) is 8.25. The van der Waals surface area contributed by atoms with Gasteiger partial charge in [-0.05, 0) is 24.3 Å². The monoisotopic (exact) mass is 417 g/mol. The van der Waals surface area contributed by atoms with E-state index in [2.05, 4.69) is 4.74 Å². The van der Waals surface area contributed by atoms with Crippen LogP contribution in [0.4, 0.5) is 13.2 Å². The van der Waals surface area contributed by atoms with Gasteiger partial charge in [0.1, 0.15) is 22.8 Å². The fraction of sp³-hybridized carbons (Fsp3) is 0.421. The Hall–Kier alpha value is -2.13. The summed E-state index contributed by atoms with van der Waals surface area (Å²) in [6.45, 7) is -0.408. The molecule has 3 rings (SSSR count). The van der Waals surface area contributed by atoms with Crippen LogP contribution in [0.25, 0.3) is 10.8 Å². The number of halogens is 3. The molecule has 9 heteroatoms. The number of methoxy groups -OCH3 is 2. The Morgan fingerprint density at radius 1 is 1.04 bits per heavy atom. The zero-order valence-electron chi connectivity index (χ0n) is 15.4. The van der Waals surface area contributed by atoms with Gasteiger partial charge in [-0.25, -0.2) is 4.79 Å². The number of esters is 1. The predicted molar refractivity (Wildman–Crippen MR) is 99.6 cm³/mol. The van der Waals surface area contributed by atoms with Crippen molar-refractivity contribution < 1.29 is 36.9 Å². The molecule has 0 radical (unpaired) electrons. The Morgan fingerprint density at radius 3 is 2.25 bits per heavy atom. The highest BCUT2D eigenvalue weighted by Crippen LogP contribution is 2.39. The Balaban J connectivity index is 2.13. The van der Waals surface area contributed by atoms with Crippen LogP contribution in [0.2, 0.25) is 0 Å². The van der Waals surface area contributed by atoms with Gasteiger partial charge < -0.3 is 18.9 Å². The maximum atomic E-state index is 12.5. The number of hydrogen-bond acceptors (Lipinski definition) is 5. The molecule has 1 aliphatic heterocycles. The van der Waals surface area contributed by atoms with Gasteiger partial charge in [0.15, 0.2) is 12.4 Å². The molecule has 0 atom stereocenters. The van der Waals surface area contributed by atoms with Crippen LogP contribution < -0.4 is 9.47 Å². The molecule has 0 saturated carbocycles. The van der Waals surface area contributed by atoms with Crippen LogP contribution in [0, 0.1) is 0 Å². The molecule has 1 saturated heterocycles. The number of carbonyl (C=O) groups excluding carboxylic acids is 1. The quantitative estimate of drug-likeness (QED) is 0.550. The summed E-state index contributed by atoms with van der Waals surface area (Å²) in [5.41, 5.74) is -0.0231. The number of carbonyl (C=O) groups is 1. The average molecular weight is 417 g/mol. The normalized spacial score (nSPS) is 15.5.